The van der Waals surface area contributed by atoms with Crippen LogP contribution in [0.2, 0.25) is 0 Å². The summed E-state index contributed by atoms with van der Waals surface area (Å²) in [5.74, 6) is -1.46. The molecule has 7 nitrogen and oxygen atoms in total. The zero-order valence-corrected chi connectivity index (χ0v) is 14.0. The Labute approximate surface area is 151 Å². The Morgan fingerprint density at radius 2 is 2.07 bits per heavy atom. The summed E-state index contributed by atoms with van der Waals surface area (Å²) in [6.45, 7) is 0.602. The van der Waals surface area contributed by atoms with Gasteiger partial charge in [-0.2, -0.15) is 18.3 Å². The van der Waals surface area contributed by atoms with Crippen molar-refractivity contribution in [3.8, 4) is 5.69 Å². The third kappa shape index (κ3) is 4.45. The van der Waals surface area contributed by atoms with E-state index >= 15 is 0 Å². The van der Waals surface area contributed by atoms with Crippen molar-refractivity contribution in [2.24, 2.45) is 0 Å². The maximum Gasteiger partial charge on any atom is 0.416 e. The maximum absolute atomic E-state index is 12.8. The summed E-state index contributed by atoms with van der Waals surface area (Å²) in [7, 11) is 0. The first-order valence-corrected chi connectivity index (χ1v) is 8.10. The molecule has 27 heavy (non-hydrogen) atoms. The Kier molecular flexibility index (Phi) is 5.17. The molecule has 1 aliphatic rings. The lowest BCUT2D eigenvalue weighted by Crippen LogP contribution is -2.46. The van der Waals surface area contributed by atoms with Crippen molar-refractivity contribution >= 4 is 11.9 Å². The van der Waals surface area contributed by atoms with Crippen LogP contribution in [-0.4, -0.2) is 57.5 Å². The molecule has 1 atom stereocenters. The van der Waals surface area contributed by atoms with Gasteiger partial charge in [-0.3, -0.25) is 9.59 Å². The zero-order chi connectivity index (χ0) is 19.6. The summed E-state index contributed by atoms with van der Waals surface area (Å²) in [4.78, 5) is 24.8. The molecule has 1 aromatic carbocycles. The first-order chi connectivity index (χ1) is 12.7. The van der Waals surface area contributed by atoms with Crippen LogP contribution < -0.4 is 0 Å². The van der Waals surface area contributed by atoms with Crippen molar-refractivity contribution in [3.63, 3.8) is 0 Å². The highest BCUT2D eigenvalue weighted by atomic mass is 19.4. The number of aliphatic carboxylic acids is 1. The Morgan fingerprint density at radius 1 is 1.30 bits per heavy atom. The van der Waals surface area contributed by atoms with Crippen LogP contribution in [0.5, 0.6) is 0 Å². The van der Waals surface area contributed by atoms with Crippen LogP contribution in [0.3, 0.4) is 0 Å². The summed E-state index contributed by atoms with van der Waals surface area (Å²) < 4.78 is 45.0. The highest BCUT2D eigenvalue weighted by Gasteiger charge is 2.31. The molecule has 2 aromatic rings. The Hall–Kier alpha value is -2.88. The van der Waals surface area contributed by atoms with Gasteiger partial charge in [0.15, 0.2) is 5.69 Å². The van der Waals surface area contributed by atoms with E-state index in [0.29, 0.717) is 0 Å². The number of hydrogen-bond donors (Lipinski definition) is 1. The second-order valence-corrected chi connectivity index (χ2v) is 6.04. The second kappa shape index (κ2) is 7.39. The second-order valence-electron chi connectivity index (χ2n) is 6.04. The van der Waals surface area contributed by atoms with Crippen LogP contribution >= 0.6 is 0 Å². The first kappa shape index (κ1) is 18.9. The number of carbonyl (C=O) groups is 2. The van der Waals surface area contributed by atoms with E-state index in [1.165, 1.54) is 34.0 Å². The van der Waals surface area contributed by atoms with E-state index in [1.807, 2.05) is 0 Å². The van der Waals surface area contributed by atoms with Gasteiger partial charge >= 0.3 is 12.1 Å². The number of morpholine rings is 1. The van der Waals surface area contributed by atoms with Crippen LogP contribution in [-0.2, 0) is 15.7 Å². The molecule has 1 amide bonds. The average molecular weight is 383 g/mol. The number of rotatable bonds is 4. The molecule has 1 aliphatic heterocycles. The molecule has 1 fully saturated rings. The lowest BCUT2D eigenvalue weighted by molar-refractivity contribution is -0.141. The smallest absolute Gasteiger partial charge is 0.416 e. The molecule has 0 saturated carbocycles. The fourth-order valence-electron chi connectivity index (χ4n) is 2.79. The van der Waals surface area contributed by atoms with E-state index in [4.69, 9.17) is 9.84 Å². The van der Waals surface area contributed by atoms with Crippen molar-refractivity contribution in [2.75, 3.05) is 19.7 Å². The number of benzene rings is 1. The predicted octanol–water partition coefficient (Wildman–Crippen LogP) is 2.21. The normalized spacial score (nSPS) is 17.7. The molecule has 10 heteroatoms. The fraction of sp³-hybridized carbons (Fsp3) is 0.353. The Balaban J connectivity index is 1.75. The third-order valence-corrected chi connectivity index (χ3v) is 4.07. The van der Waals surface area contributed by atoms with E-state index in [0.717, 1.165) is 12.1 Å². The van der Waals surface area contributed by atoms with E-state index in [9.17, 15) is 22.8 Å². The van der Waals surface area contributed by atoms with Gasteiger partial charge < -0.3 is 14.7 Å². The number of carbonyl (C=O) groups excluding carboxylic acids is 1. The number of ether oxygens (including phenoxy) is 1. The number of nitrogens with zero attached hydrogens (tertiary/aromatic N) is 3. The first-order valence-electron chi connectivity index (χ1n) is 8.10. The zero-order valence-electron chi connectivity index (χ0n) is 14.0. The Bertz CT molecular complexity index is 850. The molecular weight excluding hydrogens is 367 g/mol. The standard InChI is InChI=1S/C17H16F3N3O4/c18-17(19,20)11-2-1-3-12(8-11)23-5-4-14(21-23)16(26)22-6-7-27-13(10-22)9-15(24)25/h1-5,8,13H,6-7,9-10H2,(H,24,25). The highest BCUT2D eigenvalue weighted by molar-refractivity contribution is 5.92. The van der Waals surface area contributed by atoms with Crippen molar-refractivity contribution in [3.05, 3.63) is 47.8 Å². The molecule has 1 N–H and O–H groups in total. The van der Waals surface area contributed by atoms with Crippen LogP contribution in [0.4, 0.5) is 13.2 Å². The molecular formula is C17H16F3N3O4. The summed E-state index contributed by atoms with van der Waals surface area (Å²) >= 11 is 0. The van der Waals surface area contributed by atoms with E-state index in [-0.39, 0.29) is 37.5 Å². The molecule has 2 heterocycles. The van der Waals surface area contributed by atoms with Gasteiger partial charge in [0.05, 0.1) is 30.4 Å². The third-order valence-electron chi connectivity index (χ3n) is 4.07. The topological polar surface area (TPSA) is 84.7 Å². The molecule has 144 valence electrons. The number of carboxylic acid groups (broad SMARTS) is 1. The predicted molar refractivity (Wildman–Crippen MR) is 86.5 cm³/mol. The van der Waals surface area contributed by atoms with Gasteiger partial charge in [0.25, 0.3) is 5.91 Å². The largest absolute Gasteiger partial charge is 0.481 e. The SMILES string of the molecule is O=C(O)CC1CN(C(=O)c2ccn(-c3cccc(C(F)(F)F)c3)n2)CCO1. The van der Waals surface area contributed by atoms with Crippen molar-refractivity contribution in [1.29, 1.82) is 0 Å². The van der Waals surface area contributed by atoms with E-state index in [1.54, 1.807) is 0 Å². The molecule has 0 bridgehead atoms. The minimum atomic E-state index is -4.48. The van der Waals surface area contributed by atoms with Crippen molar-refractivity contribution < 1.29 is 32.6 Å². The minimum Gasteiger partial charge on any atom is -0.481 e. The van der Waals surface area contributed by atoms with Gasteiger partial charge in [-0.1, -0.05) is 6.07 Å². The summed E-state index contributed by atoms with van der Waals surface area (Å²) in [5, 5.41) is 12.9. The van der Waals surface area contributed by atoms with Gasteiger partial charge in [0.1, 0.15) is 0 Å². The average Bonchev–Trinajstić information content (AvgIpc) is 3.10. The molecule has 0 aliphatic carbocycles. The Morgan fingerprint density at radius 3 is 2.78 bits per heavy atom. The molecule has 0 radical (unpaired) electrons. The number of alkyl halides is 3. The molecule has 1 aromatic heterocycles. The van der Waals surface area contributed by atoms with Crippen molar-refractivity contribution in [2.45, 2.75) is 18.7 Å². The summed E-state index contributed by atoms with van der Waals surface area (Å²) in [6.07, 6.45) is -3.90. The fourth-order valence-corrected chi connectivity index (χ4v) is 2.79. The monoisotopic (exact) mass is 383 g/mol. The van der Waals surface area contributed by atoms with Crippen LogP contribution in [0, 0.1) is 0 Å². The quantitative estimate of drug-likeness (QED) is 0.875. The van der Waals surface area contributed by atoms with E-state index in [2.05, 4.69) is 5.10 Å². The summed E-state index contributed by atoms with van der Waals surface area (Å²) in [6, 6.07) is 6.02. The van der Waals surface area contributed by atoms with Crippen LogP contribution in [0.15, 0.2) is 36.5 Å². The highest BCUT2D eigenvalue weighted by Crippen LogP contribution is 2.30. The molecule has 0 spiro atoms. The van der Waals surface area contributed by atoms with E-state index < -0.39 is 29.7 Å². The molecule has 3 rings (SSSR count). The lowest BCUT2D eigenvalue weighted by atomic mass is 10.2. The number of amides is 1. The minimum absolute atomic E-state index is 0.0587. The van der Waals surface area contributed by atoms with Gasteiger partial charge in [-0.25, -0.2) is 4.68 Å². The van der Waals surface area contributed by atoms with Crippen LogP contribution in [0.1, 0.15) is 22.5 Å². The number of carboxylic acids is 1. The number of hydrogen-bond acceptors (Lipinski definition) is 4. The van der Waals surface area contributed by atoms with Gasteiger partial charge in [0.2, 0.25) is 0 Å². The van der Waals surface area contributed by atoms with Gasteiger partial charge in [-0.05, 0) is 24.3 Å². The van der Waals surface area contributed by atoms with Crippen LogP contribution in [0.25, 0.3) is 5.69 Å². The number of aromatic nitrogens is 2. The van der Waals surface area contributed by atoms with Gasteiger partial charge in [0, 0.05) is 19.3 Å². The summed E-state index contributed by atoms with van der Waals surface area (Å²) in [5.41, 5.74) is -0.578. The van der Waals surface area contributed by atoms with Gasteiger partial charge in [-0.15, -0.1) is 0 Å². The molecule has 1 saturated heterocycles. The number of halogens is 3. The molecule has 1 unspecified atom stereocenters. The lowest BCUT2D eigenvalue weighted by Gasteiger charge is -2.31. The maximum atomic E-state index is 12.8. The van der Waals surface area contributed by atoms with Crippen molar-refractivity contribution in [1.82, 2.24) is 14.7 Å².